The lowest BCUT2D eigenvalue weighted by molar-refractivity contribution is -0.143. The third-order valence-electron chi connectivity index (χ3n) is 1.84. The fraction of sp³-hybridized carbons (Fsp3) is 0.375. The number of rotatable bonds is 2. The van der Waals surface area contributed by atoms with Gasteiger partial charge in [0.1, 0.15) is 5.69 Å². The number of hydrogen-bond donors (Lipinski definition) is 1. The van der Waals surface area contributed by atoms with Crippen LogP contribution in [0.1, 0.15) is 23.2 Å². The van der Waals surface area contributed by atoms with E-state index in [1.807, 2.05) is 0 Å². The lowest BCUT2D eigenvalue weighted by Crippen LogP contribution is -2.23. The van der Waals surface area contributed by atoms with E-state index in [1.54, 1.807) is 4.98 Å². The highest BCUT2D eigenvalue weighted by atomic mass is 79.9. The summed E-state index contributed by atoms with van der Waals surface area (Å²) < 4.78 is 61.7. The maximum atomic E-state index is 12.4. The molecule has 0 spiro atoms. The van der Waals surface area contributed by atoms with Crippen LogP contribution in [0.15, 0.2) is 11.0 Å². The van der Waals surface area contributed by atoms with Gasteiger partial charge in [-0.1, -0.05) is 15.9 Å². The molecule has 0 radical (unpaired) electrons. The maximum Gasteiger partial charge on any atom is 0.431 e. The highest BCUT2D eigenvalue weighted by molar-refractivity contribution is 9.08. The van der Waals surface area contributed by atoms with Gasteiger partial charge in [0.05, 0.1) is 5.56 Å². The largest absolute Gasteiger partial charge is 0.431 e. The van der Waals surface area contributed by atoms with Crippen molar-refractivity contribution in [2.75, 3.05) is 0 Å². The molecule has 0 atom stereocenters. The van der Waals surface area contributed by atoms with Gasteiger partial charge in [-0.25, -0.2) is 8.78 Å². The molecule has 0 saturated carbocycles. The van der Waals surface area contributed by atoms with Crippen molar-refractivity contribution in [1.82, 2.24) is 4.98 Å². The summed E-state index contributed by atoms with van der Waals surface area (Å²) in [6, 6.07) is 0. The molecule has 1 N–H and O–H groups in total. The molecular formula is C8H5BrF5NO. The second-order valence-corrected chi connectivity index (χ2v) is 3.42. The number of pyridine rings is 1. The minimum absolute atomic E-state index is 0.0970. The van der Waals surface area contributed by atoms with Gasteiger partial charge in [0, 0.05) is 17.1 Å². The van der Waals surface area contributed by atoms with Crippen molar-refractivity contribution in [3.05, 3.63) is 33.2 Å². The van der Waals surface area contributed by atoms with Crippen LogP contribution >= 0.6 is 15.9 Å². The third kappa shape index (κ3) is 2.42. The summed E-state index contributed by atoms with van der Waals surface area (Å²) in [6.07, 6.45) is -7.71. The molecule has 1 heterocycles. The van der Waals surface area contributed by atoms with Crippen LogP contribution in [-0.2, 0) is 11.5 Å². The number of halogens is 6. The summed E-state index contributed by atoms with van der Waals surface area (Å²) in [4.78, 5) is 13.0. The average Bonchev–Trinajstić information content (AvgIpc) is 2.15. The highest BCUT2D eigenvalue weighted by Gasteiger charge is 2.38. The first-order valence-electron chi connectivity index (χ1n) is 3.94. The van der Waals surface area contributed by atoms with Crippen molar-refractivity contribution in [2.45, 2.75) is 17.9 Å². The number of nitrogens with one attached hydrogen (secondary N) is 1. The van der Waals surface area contributed by atoms with Crippen LogP contribution in [-0.4, -0.2) is 4.98 Å². The lowest BCUT2D eigenvalue weighted by Gasteiger charge is -2.12. The Kier molecular flexibility index (Phi) is 3.72. The fourth-order valence-electron chi connectivity index (χ4n) is 1.13. The van der Waals surface area contributed by atoms with E-state index in [2.05, 4.69) is 15.9 Å². The summed E-state index contributed by atoms with van der Waals surface area (Å²) in [5.74, 6) is 0. The lowest BCUT2D eigenvalue weighted by atomic mass is 10.1. The zero-order valence-corrected chi connectivity index (χ0v) is 9.12. The summed E-state index contributed by atoms with van der Waals surface area (Å²) in [7, 11) is 0. The van der Waals surface area contributed by atoms with E-state index >= 15 is 0 Å². The molecule has 0 bridgehead atoms. The Hall–Kier alpha value is -0.920. The van der Waals surface area contributed by atoms with Crippen LogP contribution < -0.4 is 5.43 Å². The maximum absolute atomic E-state index is 12.4. The Morgan fingerprint density at radius 2 is 1.94 bits per heavy atom. The van der Waals surface area contributed by atoms with Crippen LogP contribution in [0.25, 0.3) is 0 Å². The monoisotopic (exact) mass is 305 g/mol. The molecule has 0 aliphatic carbocycles. The van der Waals surface area contributed by atoms with Crippen molar-refractivity contribution >= 4 is 15.9 Å². The van der Waals surface area contributed by atoms with Crippen LogP contribution in [0.4, 0.5) is 22.0 Å². The number of H-pyrrole nitrogens is 1. The molecule has 0 aromatic carbocycles. The van der Waals surface area contributed by atoms with Crippen LogP contribution in [0.3, 0.4) is 0 Å². The van der Waals surface area contributed by atoms with Crippen LogP contribution in [0.5, 0.6) is 0 Å². The Morgan fingerprint density at radius 3 is 2.31 bits per heavy atom. The first-order valence-corrected chi connectivity index (χ1v) is 5.07. The van der Waals surface area contributed by atoms with E-state index in [0.717, 1.165) is 6.20 Å². The zero-order valence-electron chi connectivity index (χ0n) is 7.54. The zero-order chi connectivity index (χ0) is 12.5. The number of alkyl halides is 6. The molecule has 0 aliphatic heterocycles. The van der Waals surface area contributed by atoms with E-state index in [-0.39, 0.29) is 10.9 Å². The van der Waals surface area contributed by atoms with Gasteiger partial charge in [-0.2, -0.15) is 13.2 Å². The van der Waals surface area contributed by atoms with Crippen molar-refractivity contribution in [1.29, 1.82) is 0 Å². The van der Waals surface area contributed by atoms with Gasteiger partial charge in [0.2, 0.25) is 0 Å². The summed E-state index contributed by atoms with van der Waals surface area (Å²) in [5.41, 5.74) is -4.71. The average molecular weight is 306 g/mol. The number of hydrogen-bond acceptors (Lipinski definition) is 1. The molecule has 90 valence electrons. The molecule has 16 heavy (non-hydrogen) atoms. The van der Waals surface area contributed by atoms with Crippen molar-refractivity contribution in [3.63, 3.8) is 0 Å². The van der Waals surface area contributed by atoms with Gasteiger partial charge in [0.15, 0.2) is 5.43 Å². The Labute approximate surface area is 94.6 Å². The molecule has 1 aromatic rings. The Balaban J connectivity index is 3.54. The second kappa shape index (κ2) is 4.52. The molecule has 1 aromatic heterocycles. The molecular weight excluding hydrogens is 301 g/mol. The quantitative estimate of drug-likeness (QED) is 0.660. The molecule has 1 rings (SSSR count). The number of aromatic nitrogens is 1. The van der Waals surface area contributed by atoms with Crippen LogP contribution in [0, 0.1) is 0 Å². The molecule has 0 fully saturated rings. The van der Waals surface area contributed by atoms with Gasteiger partial charge in [-0.15, -0.1) is 0 Å². The standard InChI is InChI=1S/C8H5BrF5NO/c9-1-3-2-15-6(8(12,13)14)4(5(3)16)7(10)11/h2,7H,1H2,(H,15,16). The van der Waals surface area contributed by atoms with E-state index in [0.29, 0.717) is 0 Å². The van der Waals surface area contributed by atoms with Gasteiger partial charge < -0.3 is 4.98 Å². The topological polar surface area (TPSA) is 32.9 Å². The summed E-state index contributed by atoms with van der Waals surface area (Å²) in [5, 5.41) is -0.0970. The predicted molar refractivity (Wildman–Crippen MR) is 49.7 cm³/mol. The normalized spacial score (nSPS) is 12.2. The van der Waals surface area contributed by atoms with E-state index in [4.69, 9.17) is 0 Å². The predicted octanol–water partition coefficient (Wildman–Crippen LogP) is 3.23. The summed E-state index contributed by atoms with van der Waals surface area (Å²) >= 11 is 2.82. The Bertz CT molecular complexity index is 439. The van der Waals surface area contributed by atoms with E-state index in [9.17, 15) is 26.7 Å². The first-order chi connectivity index (χ1) is 7.29. The summed E-state index contributed by atoms with van der Waals surface area (Å²) in [6.45, 7) is 0. The van der Waals surface area contributed by atoms with Crippen LogP contribution in [0.2, 0.25) is 0 Å². The molecule has 0 aliphatic rings. The Morgan fingerprint density at radius 1 is 1.38 bits per heavy atom. The van der Waals surface area contributed by atoms with E-state index < -0.39 is 29.3 Å². The van der Waals surface area contributed by atoms with E-state index in [1.165, 1.54) is 0 Å². The first kappa shape index (κ1) is 13.1. The molecule has 2 nitrogen and oxygen atoms in total. The molecule has 0 amide bonds. The van der Waals surface area contributed by atoms with Gasteiger partial charge >= 0.3 is 6.18 Å². The smallest absolute Gasteiger partial charge is 0.357 e. The van der Waals surface area contributed by atoms with Crippen molar-refractivity contribution in [2.24, 2.45) is 0 Å². The second-order valence-electron chi connectivity index (χ2n) is 2.86. The molecule has 0 unspecified atom stereocenters. The SMILES string of the molecule is O=c1c(CBr)c[nH]c(C(F)(F)F)c1C(F)F. The fourth-order valence-corrected chi connectivity index (χ4v) is 1.55. The number of aromatic amines is 1. The van der Waals surface area contributed by atoms with Crippen molar-refractivity contribution in [3.8, 4) is 0 Å². The van der Waals surface area contributed by atoms with Gasteiger partial charge in [-0.3, -0.25) is 4.79 Å². The third-order valence-corrected chi connectivity index (χ3v) is 2.45. The van der Waals surface area contributed by atoms with Gasteiger partial charge in [-0.05, 0) is 0 Å². The minimum Gasteiger partial charge on any atom is -0.357 e. The molecule has 8 heteroatoms. The minimum atomic E-state index is -5.00. The van der Waals surface area contributed by atoms with Crippen molar-refractivity contribution < 1.29 is 22.0 Å². The molecule has 0 saturated heterocycles. The van der Waals surface area contributed by atoms with Gasteiger partial charge in [0.25, 0.3) is 6.43 Å². The highest BCUT2D eigenvalue weighted by Crippen LogP contribution is 2.33.